The number of rotatable bonds is 3. The first-order chi connectivity index (χ1) is 8.06. The van der Waals surface area contributed by atoms with E-state index < -0.39 is 0 Å². The summed E-state index contributed by atoms with van der Waals surface area (Å²) in [5.41, 5.74) is 0.675. The van der Waals surface area contributed by atoms with Gasteiger partial charge in [0.1, 0.15) is 0 Å². The number of likely N-dealkylation sites (tertiary alicyclic amines) is 2. The lowest BCUT2D eigenvalue weighted by molar-refractivity contribution is 0.0775. The third-order valence-corrected chi connectivity index (χ3v) is 5.27. The molecule has 0 aliphatic carbocycles. The molecule has 2 aliphatic rings. The normalized spacial score (nSPS) is 28.1. The Balaban J connectivity index is 1.87. The Morgan fingerprint density at radius 2 is 1.47 bits per heavy atom. The molecule has 17 heavy (non-hydrogen) atoms. The fourth-order valence-electron chi connectivity index (χ4n) is 3.52. The topological polar surface area (TPSA) is 6.48 Å². The molecule has 1 atom stereocenters. The molecular weight excluding hydrogens is 208 g/mol. The van der Waals surface area contributed by atoms with Crippen LogP contribution in [-0.4, -0.2) is 48.1 Å². The van der Waals surface area contributed by atoms with E-state index in [-0.39, 0.29) is 0 Å². The minimum Gasteiger partial charge on any atom is -0.301 e. The van der Waals surface area contributed by atoms with Gasteiger partial charge >= 0.3 is 0 Å². The van der Waals surface area contributed by atoms with Crippen LogP contribution >= 0.6 is 0 Å². The Labute approximate surface area is 107 Å². The van der Waals surface area contributed by atoms with Crippen LogP contribution < -0.4 is 0 Å². The van der Waals surface area contributed by atoms with Crippen molar-refractivity contribution in [3.8, 4) is 0 Å². The molecule has 1 spiro atoms. The standard InChI is InChI=1S/C15H30N2/c1-5-14(4)16-9-6-15(7-10-16)8-11-17(12-15)13(2)3/h13-14H,5-12H2,1-4H3. The van der Waals surface area contributed by atoms with Crippen molar-refractivity contribution >= 4 is 0 Å². The van der Waals surface area contributed by atoms with E-state index in [1.54, 1.807) is 0 Å². The van der Waals surface area contributed by atoms with E-state index in [2.05, 4.69) is 37.5 Å². The summed E-state index contributed by atoms with van der Waals surface area (Å²) < 4.78 is 0. The van der Waals surface area contributed by atoms with Gasteiger partial charge in [-0.2, -0.15) is 0 Å². The third kappa shape index (κ3) is 2.85. The lowest BCUT2D eigenvalue weighted by Crippen LogP contribution is -2.45. The average molecular weight is 238 g/mol. The molecule has 0 aromatic carbocycles. The second-order valence-electron chi connectivity index (χ2n) is 6.61. The molecule has 1 unspecified atom stereocenters. The van der Waals surface area contributed by atoms with E-state index in [1.807, 2.05) is 0 Å². The quantitative estimate of drug-likeness (QED) is 0.746. The molecule has 2 rings (SSSR count). The molecule has 2 fully saturated rings. The molecule has 2 saturated heterocycles. The zero-order valence-electron chi connectivity index (χ0n) is 12.2. The van der Waals surface area contributed by atoms with Crippen LogP contribution in [-0.2, 0) is 0 Å². The third-order valence-electron chi connectivity index (χ3n) is 5.27. The summed E-state index contributed by atoms with van der Waals surface area (Å²) in [5.74, 6) is 0. The van der Waals surface area contributed by atoms with Crippen molar-refractivity contribution in [2.45, 2.75) is 65.5 Å². The summed E-state index contributed by atoms with van der Waals surface area (Å²) in [6.45, 7) is 14.7. The van der Waals surface area contributed by atoms with Crippen molar-refractivity contribution in [3.05, 3.63) is 0 Å². The van der Waals surface area contributed by atoms with Gasteiger partial charge < -0.3 is 9.80 Å². The summed E-state index contributed by atoms with van der Waals surface area (Å²) in [6, 6.07) is 1.52. The van der Waals surface area contributed by atoms with Gasteiger partial charge in [0.15, 0.2) is 0 Å². The zero-order valence-corrected chi connectivity index (χ0v) is 12.2. The van der Waals surface area contributed by atoms with Crippen LogP contribution in [0.25, 0.3) is 0 Å². The molecule has 2 heterocycles. The molecule has 0 N–H and O–H groups in total. The van der Waals surface area contributed by atoms with Gasteiger partial charge in [0.25, 0.3) is 0 Å². The maximum absolute atomic E-state index is 2.70. The number of hydrogen-bond donors (Lipinski definition) is 0. The highest BCUT2D eigenvalue weighted by molar-refractivity contribution is 4.95. The molecule has 2 nitrogen and oxygen atoms in total. The highest BCUT2D eigenvalue weighted by Crippen LogP contribution is 2.41. The molecule has 100 valence electrons. The maximum Gasteiger partial charge on any atom is 0.00643 e. The van der Waals surface area contributed by atoms with Crippen LogP contribution in [0.5, 0.6) is 0 Å². The molecule has 0 aromatic rings. The Kier molecular flexibility index (Phi) is 4.14. The molecule has 0 bridgehead atoms. The van der Waals surface area contributed by atoms with Crippen molar-refractivity contribution in [3.63, 3.8) is 0 Å². The van der Waals surface area contributed by atoms with Crippen LogP contribution in [0.2, 0.25) is 0 Å². The lowest BCUT2D eigenvalue weighted by atomic mass is 9.77. The summed E-state index contributed by atoms with van der Waals surface area (Å²) in [5, 5.41) is 0. The van der Waals surface area contributed by atoms with Gasteiger partial charge in [-0.1, -0.05) is 6.92 Å². The summed E-state index contributed by atoms with van der Waals surface area (Å²) in [6.07, 6.45) is 5.60. The Bertz CT molecular complexity index is 241. The highest BCUT2D eigenvalue weighted by atomic mass is 15.2. The van der Waals surface area contributed by atoms with E-state index in [4.69, 9.17) is 0 Å². The smallest absolute Gasteiger partial charge is 0.00643 e. The van der Waals surface area contributed by atoms with E-state index >= 15 is 0 Å². The summed E-state index contributed by atoms with van der Waals surface area (Å²) >= 11 is 0. The van der Waals surface area contributed by atoms with Gasteiger partial charge in [-0.25, -0.2) is 0 Å². The first kappa shape index (κ1) is 13.4. The summed E-state index contributed by atoms with van der Waals surface area (Å²) in [4.78, 5) is 5.38. The predicted octanol–water partition coefficient (Wildman–Crippen LogP) is 2.98. The molecule has 0 radical (unpaired) electrons. The van der Waals surface area contributed by atoms with Crippen LogP contribution in [0.3, 0.4) is 0 Å². The predicted molar refractivity (Wildman–Crippen MR) is 74.3 cm³/mol. The van der Waals surface area contributed by atoms with Crippen LogP contribution in [0.1, 0.15) is 53.4 Å². The Morgan fingerprint density at radius 3 is 1.88 bits per heavy atom. The van der Waals surface area contributed by atoms with Crippen LogP contribution in [0.15, 0.2) is 0 Å². The van der Waals surface area contributed by atoms with Gasteiger partial charge in [-0.15, -0.1) is 0 Å². The van der Waals surface area contributed by atoms with Crippen LogP contribution in [0.4, 0.5) is 0 Å². The largest absolute Gasteiger partial charge is 0.301 e. The van der Waals surface area contributed by atoms with Gasteiger partial charge in [-0.3, -0.25) is 0 Å². The second kappa shape index (κ2) is 5.27. The van der Waals surface area contributed by atoms with E-state index in [0.717, 1.165) is 12.1 Å². The van der Waals surface area contributed by atoms with Crippen molar-refractivity contribution in [2.75, 3.05) is 26.2 Å². The van der Waals surface area contributed by atoms with Gasteiger partial charge in [-0.05, 0) is 71.5 Å². The zero-order chi connectivity index (χ0) is 12.5. The fourth-order valence-corrected chi connectivity index (χ4v) is 3.52. The van der Waals surface area contributed by atoms with Crippen molar-refractivity contribution in [1.82, 2.24) is 9.80 Å². The van der Waals surface area contributed by atoms with Crippen molar-refractivity contribution < 1.29 is 0 Å². The lowest BCUT2D eigenvalue weighted by Gasteiger charge is -2.42. The Hall–Kier alpha value is -0.0800. The second-order valence-corrected chi connectivity index (χ2v) is 6.61. The fraction of sp³-hybridized carbons (Fsp3) is 1.00. The highest BCUT2D eigenvalue weighted by Gasteiger charge is 2.41. The molecule has 0 amide bonds. The Morgan fingerprint density at radius 1 is 0.941 bits per heavy atom. The number of nitrogens with zero attached hydrogens (tertiary/aromatic N) is 2. The summed E-state index contributed by atoms with van der Waals surface area (Å²) in [7, 11) is 0. The van der Waals surface area contributed by atoms with E-state index in [0.29, 0.717) is 5.41 Å². The minimum absolute atomic E-state index is 0.675. The van der Waals surface area contributed by atoms with Crippen molar-refractivity contribution in [2.24, 2.45) is 5.41 Å². The first-order valence-electron chi connectivity index (χ1n) is 7.54. The van der Waals surface area contributed by atoms with E-state index in [9.17, 15) is 0 Å². The number of piperidine rings is 1. The molecule has 0 aromatic heterocycles. The van der Waals surface area contributed by atoms with Crippen LogP contribution in [0, 0.1) is 5.41 Å². The van der Waals surface area contributed by atoms with E-state index in [1.165, 1.54) is 51.9 Å². The first-order valence-corrected chi connectivity index (χ1v) is 7.54. The van der Waals surface area contributed by atoms with Crippen molar-refractivity contribution in [1.29, 1.82) is 0 Å². The van der Waals surface area contributed by atoms with Gasteiger partial charge in [0.05, 0.1) is 0 Å². The monoisotopic (exact) mass is 238 g/mol. The maximum atomic E-state index is 2.70. The SMILES string of the molecule is CCC(C)N1CCC2(CCN(C(C)C)C2)CC1. The molecule has 0 saturated carbocycles. The minimum atomic E-state index is 0.675. The van der Waals surface area contributed by atoms with Gasteiger partial charge in [0, 0.05) is 18.6 Å². The number of hydrogen-bond acceptors (Lipinski definition) is 2. The molecule has 2 heteroatoms. The van der Waals surface area contributed by atoms with Gasteiger partial charge in [0.2, 0.25) is 0 Å². The average Bonchev–Trinajstić information content (AvgIpc) is 2.74. The molecule has 2 aliphatic heterocycles. The molecular formula is C15H30N2.